The van der Waals surface area contributed by atoms with E-state index in [0.29, 0.717) is 25.4 Å². The monoisotopic (exact) mass is 285 g/mol. The van der Waals surface area contributed by atoms with Crippen LogP contribution in [0.5, 0.6) is 0 Å². The molecule has 0 amide bonds. The topological polar surface area (TPSA) is 56.1 Å². The van der Waals surface area contributed by atoms with Crippen LogP contribution in [0.1, 0.15) is 19.8 Å². The summed E-state index contributed by atoms with van der Waals surface area (Å²) in [5.74, 6) is 0. The Balaban J connectivity index is 2.48. The normalized spacial score (nSPS) is 10.4. The smallest absolute Gasteiger partial charge is 0.287 e. The molecule has 1 aromatic heterocycles. The van der Waals surface area contributed by atoms with Gasteiger partial charge >= 0.3 is 0 Å². The van der Waals surface area contributed by atoms with Crippen molar-refractivity contribution in [2.45, 2.75) is 26.3 Å². The molecular formula is C13H20ClN3O2. The number of rotatable bonds is 9. The van der Waals surface area contributed by atoms with Crippen LogP contribution in [0.2, 0.25) is 5.02 Å². The highest BCUT2D eigenvalue weighted by molar-refractivity contribution is 6.32. The van der Waals surface area contributed by atoms with Crippen LogP contribution in [0.15, 0.2) is 23.6 Å². The van der Waals surface area contributed by atoms with Gasteiger partial charge in [0.25, 0.3) is 5.56 Å². The minimum absolute atomic E-state index is 0.144. The lowest BCUT2D eigenvalue weighted by Gasteiger charge is -2.09. The number of nitrogens with zero attached hydrogens (tertiary/aromatic N) is 2. The predicted octanol–water partition coefficient (Wildman–Crippen LogP) is 2.31. The minimum Gasteiger partial charge on any atom is -0.380 e. The Labute approximate surface area is 118 Å². The van der Waals surface area contributed by atoms with Crippen LogP contribution in [-0.2, 0) is 11.3 Å². The van der Waals surface area contributed by atoms with E-state index < -0.39 is 0 Å². The predicted molar refractivity (Wildman–Crippen MR) is 77.9 cm³/mol. The van der Waals surface area contributed by atoms with Gasteiger partial charge in [-0.15, -0.1) is 6.58 Å². The van der Waals surface area contributed by atoms with Crippen LogP contribution >= 0.6 is 11.6 Å². The molecule has 6 heteroatoms. The fraction of sp³-hybridized carbons (Fsp3) is 0.538. The average molecular weight is 286 g/mol. The van der Waals surface area contributed by atoms with Gasteiger partial charge in [0.2, 0.25) is 0 Å². The van der Waals surface area contributed by atoms with Gasteiger partial charge in [-0.2, -0.15) is 5.10 Å². The molecule has 0 atom stereocenters. The molecular weight excluding hydrogens is 266 g/mol. The van der Waals surface area contributed by atoms with Crippen molar-refractivity contribution < 1.29 is 4.74 Å². The Morgan fingerprint density at radius 2 is 2.37 bits per heavy atom. The Bertz CT molecular complexity index is 460. The van der Waals surface area contributed by atoms with E-state index in [0.717, 1.165) is 19.4 Å². The summed E-state index contributed by atoms with van der Waals surface area (Å²) >= 11 is 5.99. The van der Waals surface area contributed by atoms with E-state index in [1.165, 1.54) is 4.68 Å². The first-order valence-corrected chi connectivity index (χ1v) is 6.76. The molecule has 5 nitrogen and oxygen atoms in total. The molecule has 0 unspecified atom stereocenters. The molecule has 106 valence electrons. The zero-order valence-electron chi connectivity index (χ0n) is 11.2. The van der Waals surface area contributed by atoms with Crippen molar-refractivity contribution in [3.63, 3.8) is 0 Å². The molecule has 1 aromatic rings. The van der Waals surface area contributed by atoms with Crippen molar-refractivity contribution in [2.75, 3.05) is 25.1 Å². The van der Waals surface area contributed by atoms with Gasteiger partial charge in [-0.1, -0.05) is 31.0 Å². The average Bonchev–Trinajstić information content (AvgIpc) is 2.41. The van der Waals surface area contributed by atoms with Crippen molar-refractivity contribution in [3.8, 4) is 0 Å². The van der Waals surface area contributed by atoms with Crippen LogP contribution in [-0.4, -0.2) is 29.5 Å². The maximum absolute atomic E-state index is 11.8. The molecule has 1 rings (SSSR count). The van der Waals surface area contributed by atoms with E-state index in [1.54, 1.807) is 12.3 Å². The number of aromatic nitrogens is 2. The Morgan fingerprint density at radius 1 is 1.58 bits per heavy atom. The molecule has 0 aromatic carbocycles. The number of unbranched alkanes of at least 4 members (excludes halogenated alkanes) is 1. The SMILES string of the molecule is C=CCn1ncc(NCCOCCCC)c(Cl)c1=O. The molecule has 0 aliphatic carbocycles. The first-order valence-electron chi connectivity index (χ1n) is 6.38. The van der Waals surface area contributed by atoms with Gasteiger partial charge in [0.05, 0.1) is 25.0 Å². The van der Waals surface area contributed by atoms with E-state index in [2.05, 4.69) is 23.9 Å². The lowest BCUT2D eigenvalue weighted by molar-refractivity contribution is 0.141. The highest BCUT2D eigenvalue weighted by atomic mass is 35.5. The third kappa shape index (κ3) is 5.04. The van der Waals surface area contributed by atoms with E-state index in [4.69, 9.17) is 16.3 Å². The fourth-order valence-electron chi connectivity index (χ4n) is 1.45. The molecule has 0 saturated heterocycles. The maximum Gasteiger partial charge on any atom is 0.287 e. The number of allylic oxidation sites excluding steroid dienone is 1. The summed E-state index contributed by atoms with van der Waals surface area (Å²) < 4.78 is 6.67. The molecule has 1 N–H and O–H groups in total. The van der Waals surface area contributed by atoms with Crippen molar-refractivity contribution in [2.24, 2.45) is 0 Å². The zero-order valence-corrected chi connectivity index (χ0v) is 11.9. The van der Waals surface area contributed by atoms with Crippen LogP contribution in [0, 0.1) is 0 Å². The van der Waals surface area contributed by atoms with Crippen LogP contribution < -0.4 is 10.9 Å². The van der Waals surface area contributed by atoms with Gasteiger partial charge < -0.3 is 10.1 Å². The largest absolute Gasteiger partial charge is 0.380 e. The molecule has 0 bridgehead atoms. The maximum atomic E-state index is 11.8. The number of hydrogen-bond acceptors (Lipinski definition) is 4. The number of hydrogen-bond donors (Lipinski definition) is 1. The second-order valence-corrected chi connectivity index (χ2v) is 4.42. The summed E-state index contributed by atoms with van der Waals surface area (Å²) in [6, 6.07) is 0. The van der Waals surface area contributed by atoms with Gasteiger partial charge in [-0.3, -0.25) is 4.79 Å². The number of anilines is 1. The van der Waals surface area contributed by atoms with Gasteiger partial charge in [0.1, 0.15) is 5.02 Å². The van der Waals surface area contributed by atoms with Crippen molar-refractivity contribution >= 4 is 17.3 Å². The van der Waals surface area contributed by atoms with Gasteiger partial charge in [-0.05, 0) is 6.42 Å². The highest BCUT2D eigenvalue weighted by Crippen LogP contribution is 2.14. The van der Waals surface area contributed by atoms with Crippen LogP contribution in [0.3, 0.4) is 0 Å². The summed E-state index contributed by atoms with van der Waals surface area (Å²) in [6.07, 6.45) is 5.31. The second kappa shape index (κ2) is 8.72. The lowest BCUT2D eigenvalue weighted by atomic mass is 10.4. The molecule has 0 saturated carbocycles. The van der Waals surface area contributed by atoms with Crippen LogP contribution in [0.25, 0.3) is 0 Å². The molecule has 0 fully saturated rings. The quantitative estimate of drug-likeness (QED) is 0.559. The standard InChI is InChI=1S/C13H20ClN3O2/c1-3-5-8-19-9-6-15-11-10-16-17(7-4-2)13(18)12(11)14/h4,10,15H,2-3,5-9H2,1H3. The second-order valence-electron chi connectivity index (χ2n) is 4.04. The first-order chi connectivity index (χ1) is 9.20. The van der Waals surface area contributed by atoms with Crippen molar-refractivity contribution in [1.82, 2.24) is 9.78 Å². The Morgan fingerprint density at radius 3 is 3.05 bits per heavy atom. The summed E-state index contributed by atoms with van der Waals surface area (Å²) in [5.41, 5.74) is 0.213. The molecule has 1 heterocycles. The third-order valence-electron chi connectivity index (χ3n) is 2.49. The number of nitrogens with one attached hydrogen (secondary N) is 1. The summed E-state index contributed by atoms with van der Waals surface area (Å²) in [4.78, 5) is 11.8. The molecule has 0 spiro atoms. The van der Waals surface area contributed by atoms with E-state index in [9.17, 15) is 4.79 Å². The van der Waals surface area contributed by atoms with Gasteiger partial charge in [0, 0.05) is 13.2 Å². The van der Waals surface area contributed by atoms with E-state index in [1.807, 2.05) is 0 Å². The molecule has 0 radical (unpaired) electrons. The molecule has 19 heavy (non-hydrogen) atoms. The van der Waals surface area contributed by atoms with Crippen LogP contribution in [0.4, 0.5) is 5.69 Å². The van der Waals surface area contributed by atoms with Gasteiger partial charge in [-0.25, -0.2) is 4.68 Å². The fourth-order valence-corrected chi connectivity index (χ4v) is 1.66. The van der Waals surface area contributed by atoms with Crippen molar-refractivity contribution in [3.05, 3.63) is 34.2 Å². The van der Waals surface area contributed by atoms with Gasteiger partial charge in [0.15, 0.2) is 0 Å². The molecule has 0 aliphatic rings. The molecule has 0 aliphatic heterocycles. The summed E-state index contributed by atoms with van der Waals surface area (Å²) in [6.45, 7) is 7.95. The summed E-state index contributed by atoms with van der Waals surface area (Å²) in [7, 11) is 0. The summed E-state index contributed by atoms with van der Waals surface area (Å²) in [5, 5.41) is 7.19. The van der Waals surface area contributed by atoms with E-state index in [-0.39, 0.29) is 10.6 Å². The number of ether oxygens (including phenoxy) is 1. The minimum atomic E-state index is -0.321. The Kier molecular flexibility index (Phi) is 7.22. The zero-order chi connectivity index (χ0) is 14.1. The third-order valence-corrected chi connectivity index (χ3v) is 2.86. The first kappa shape index (κ1) is 15.7. The lowest BCUT2D eigenvalue weighted by Crippen LogP contribution is -2.24. The Hall–Kier alpha value is -1.33. The van der Waals surface area contributed by atoms with E-state index >= 15 is 0 Å². The number of halogens is 1. The van der Waals surface area contributed by atoms with Crippen molar-refractivity contribution in [1.29, 1.82) is 0 Å². The highest BCUT2D eigenvalue weighted by Gasteiger charge is 2.07.